The molecule has 0 amide bonds. The van der Waals surface area contributed by atoms with E-state index in [0.29, 0.717) is 12.0 Å². The highest BCUT2D eigenvalue weighted by Gasteiger charge is 2.21. The van der Waals surface area contributed by atoms with Crippen LogP contribution in [0.15, 0.2) is 48.5 Å². The lowest BCUT2D eigenvalue weighted by Gasteiger charge is -2.09. The molecule has 4 heteroatoms. The van der Waals surface area contributed by atoms with Crippen LogP contribution in [0.4, 0.5) is 10.2 Å². The van der Waals surface area contributed by atoms with Gasteiger partial charge in [-0.2, -0.15) is 5.10 Å². The van der Waals surface area contributed by atoms with Crippen molar-refractivity contribution in [2.45, 2.75) is 32.6 Å². The van der Waals surface area contributed by atoms with E-state index < -0.39 is 0 Å². The fraction of sp³-hybridized carbons (Fsp3) is 0.286. The van der Waals surface area contributed by atoms with Gasteiger partial charge in [0.25, 0.3) is 0 Å². The first kappa shape index (κ1) is 15.9. The molecule has 0 bridgehead atoms. The first-order valence-corrected chi connectivity index (χ1v) is 8.87. The summed E-state index contributed by atoms with van der Waals surface area (Å²) < 4.78 is 16.1. The summed E-state index contributed by atoms with van der Waals surface area (Å²) in [4.78, 5) is 0. The Morgan fingerprint density at radius 3 is 2.68 bits per heavy atom. The molecule has 128 valence electrons. The standard InChI is InChI=1S/C21H22FN3/c1-15-9-11-17(12-10-15)25-21-18(7-4-5-13-23-21)20(24-25)14-16-6-2-3-8-19(16)22/h2-3,6,8-12,23H,4-5,7,13-14H2,1H3. The SMILES string of the molecule is Cc1ccc(-n2nc(Cc3ccccc3F)c3c2NCCCC3)cc1. The quantitative estimate of drug-likeness (QED) is 0.754. The molecular weight excluding hydrogens is 313 g/mol. The van der Waals surface area contributed by atoms with E-state index in [4.69, 9.17) is 5.10 Å². The average Bonchev–Trinajstić information content (AvgIpc) is 2.80. The van der Waals surface area contributed by atoms with Gasteiger partial charge in [-0.1, -0.05) is 35.9 Å². The minimum atomic E-state index is -0.164. The van der Waals surface area contributed by atoms with Crippen molar-refractivity contribution in [3.8, 4) is 5.69 Å². The molecule has 0 radical (unpaired) electrons. The molecule has 1 N–H and O–H groups in total. The number of fused-ring (bicyclic) bond motifs is 1. The smallest absolute Gasteiger partial charge is 0.133 e. The van der Waals surface area contributed by atoms with Crippen LogP contribution in [0.2, 0.25) is 0 Å². The van der Waals surface area contributed by atoms with Crippen LogP contribution >= 0.6 is 0 Å². The Morgan fingerprint density at radius 2 is 1.88 bits per heavy atom. The number of nitrogens with zero attached hydrogens (tertiary/aromatic N) is 2. The van der Waals surface area contributed by atoms with Gasteiger partial charge in [-0.3, -0.25) is 0 Å². The zero-order valence-electron chi connectivity index (χ0n) is 14.4. The van der Waals surface area contributed by atoms with Crippen LogP contribution in [0.25, 0.3) is 5.69 Å². The summed E-state index contributed by atoms with van der Waals surface area (Å²) in [6, 6.07) is 15.3. The highest BCUT2D eigenvalue weighted by molar-refractivity contribution is 5.55. The summed E-state index contributed by atoms with van der Waals surface area (Å²) in [7, 11) is 0. The van der Waals surface area contributed by atoms with E-state index in [1.54, 1.807) is 6.07 Å². The minimum absolute atomic E-state index is 0.164. The predicted octanol–water partition coefficient (Wildman–Crippen LogP) is 4.66. The summed E-state index contributed by atoms with van der Waals surface area (Å²) >= 11 is 0. The van der Waals surface area contributed by atoms with E-state index in [2.05, 4.69) is 36.5 Å². The predicted molar refractivity (Wildman–Crippen MR) is 98.9 cm³/mol. The van der Waals surface area contributed by atoms with Crippen LogP contribution in [0.1, 0.15) is 35.2 Å². The Hall–Kier alpha value is -2.62. The van der Waals surface area contributed by atoms with Crippen LogP contribution in [0.5, 0.6) is 0 Å². The number of aryl methyl sites for hydroxylation is 1. The Morgan fingerprint density at radius 1 is 1.08 bits per heavy atom. The zero-order chi connectivity index (χ0) is 17.2. The molecule has 3 aromatic rings. The molecule has 1 aliphatic heterocycles. The third-order valence-corrected chi connectivity index (χ3v) is 4.81. The van der Waals surface area contributed by atoms with Gasteiger partial charge in [0.05, 0.1) is 11.4 Å². The van der Waals surface area contributed by atoms with Crippen molar-refractivity contribution in [3.05, 3.63) is 76.7 Å². The summed E-state index contributed by atoms with van der Waals surface area (Å²) in [5.41, 5.74) is 5.15. The molecule has 1 aromatic heterocycles. The summed E-state index contributed by atoms with van der Waals surface area (Å²) in [6.45, 7) is 3.03. The lowest BCUT2D eigenvalue weighted by atomic mass is 10.0. The van der Waals surface area contributed by atoms with E-state index >= 15 is 0 Å². The molecule has 0 saturated heterocycles. The van der Waals surface area contributed by atoms with E-state index in [0.717, 1.165) is 43.0 Å². The molecule has 0 aliphatic carbocycles. The van der Waals surface area contributed by atoms with Crippen molar-refractivity contribution >= 4 is 5.82 Å². The summed E-state index contributed by atoms with van der Waals surface area (Å²) in [5.74, 6) is 0.899. The third-order valence-electron chi connectivity index (χ3n) is 4.81. The number of aromatic nitrogens is 2. The second kappa shape index (κ2) is 6.71. The number of halogens is 1. The lowest BCUT2D eigenvalue weighted by Crippen LogP contribution is -2.07. The zero-order valence-corrected chi connectivity index (χ0v) is 14.4. The van der Waals surface area contributed by atoms with Crippen molar-refractivity contribution in [1.29, 1.82) is 0 Å². The van der Waals surface area contributed by atoms with E-state index in [-0.39, 0.29) is 5.82 Å². The molecule has 3 nitrogen and oxygen atoms in total. The number of benzene rings is 2. The van der Waals surface area contributed by atoms with Crippen molar-refractivity contribution in [3.63, 3.8) is 0 Å². The molecule has 0 fully saturated rings. The molecule has 0 spiro atoms. The van der Waals surface area contributed by atoms with E-state index in [1.807, 2.05) is 16.8 Å². The second-order valence-corrected chi connectivity index (χ2v) is 6.67. The molecular formula is C21H22FN3. The van der Waals surface area contributed by atoms with Gasteiger partial charge in [0.1, 0.15) is 11.6 Å². The fourth-order valence-corrected chi connectivity index (χ4v) is 3.41. The minimum Gasteiger partial charge on any atom is -0.370 e. The van der Waals surface area contributed by atoms with Gasteiger partial charge in [0.2, 0.25) is 0 Å². The van der Waals surface area contributed by atoms with Crippen LogP contribution in [0.3, 0.4) is 0 Å². The van der Waals surface area contributed by atoms with Crippen LogP contribution < -0.4 is 5.32 Å². The van der Waals surface area contributed by atoms with Crippen molar-refractivity contribution in [2.75, 3.05) is 11.9 Å². The molecule has 1 aliphatic rings. The van der Waals surface area contributed by atoms with Crippen LogP contribution in [0, 0.1) is 12.7 Å². The molecule has 25 heavy (non-hydrogen) atoms. The number of nitrogens with one attached hydrogen (secondary N) is 1. The monoisotopic (exact) mass is 335 g/mol. The van der Waals surface area contributed by atoms with E-state index in [9.17, 15) is 4.39 Å². The molecule has 0 atom stereocenters. The average molecular weight is 335 g/mol. The van der Waals surface area contributed by atoms with Crippen LogP contribution in [-0.4, -0.2) is 16.3 Å². The molecule has 2 heterocycles. The fourth-order valence-electron chi connectivity index (χ4n) is 3.41. The normalized spacial score (nSPS) is 13.8. The number of anilines is 1. The van der Waals surface area contributed by atoms with Gasteiger partial charge in [-0.15, -0.1) is 0 Å². The number of rotatable bonds is 3. The lowest BCUT2D eigenvalue weighted by molar-refractivity contribution is 0.612. The van der Waals surface area contributed by atoms with Gasteiger partial charge < -0.3 is 5.32 Å². The third kappa shape index (κ3) is 3.16. The van der Waals surface area contributed by atoms with Gasteiger partial charge in [0.15, 0.2) is 0 Å². The number of hydrogen-bond donors (Lipinski definition) is 1. The highest BCUT2D eigenvalue weighted by atomic mass is 19.1. The summed E-state index contributed by atoms with van der Waals surface area (Å²) in [5, 5.41) is 8.39. The molecule has 2 aromatic carbocycles. The number of hydrogen-bond acceptors (Lipinski definition) is 2. The van der Waals surface area contributed by atoms with Crippen molar-refractivity contribution in [2.24, 2.45) is 0 Å². The van der Waals surface area contributed by atoms with Crippen molar-refractivity contribution < 1.29 is 4.39 Å². The van der Waals surface area contributed by atoms with Crippen molar-refractivity contribution in [1.82, 2.24) is 9.78 Å². The van der Waals surface area contributed by atoms with Gasteiger partial charge in [-0.25, -0.2) is 9.07 Å². The van der Waals surface area contributed by atoms with E-state index in [1.165, 1.54) is 17.2 Å². The largest absolute Gasteiger partial charge is 0.370 e. The van der Waals surface area contributed by atoms with Gasteiger partial charge in [0, 0.05) is 18.5 Å². The Kier molecular flexibility index (Phi) is 4.26. The maximum atomic E-state index is 14.1. The second-order valence-electron chi connectivity index (χ2n) is 6.67. The van der Waals surface area contributed by atoms with Gasteiger partial charge in [-0.05, 0) is 49.9 Å². The summed E-state index contributed by atoms with van der Waals surface area (Å²) in [6.07, 6.45) is 3.78. The molecule has 0 unspecified atom stereocenters. The molecule has 0 saturated carbocycles. The first-order valence-electron chi connectivity index (χ1n) is 8.87. The maximum absolute atomic E-state index is 14.1. The Balaban J connectivity index is 1.79. The highest BCUT2D eigenvalue weighted by Crippen LogP contribution is 2.29. The maximum Gasteiger partial charge on any atom is 0.133 e. The first-order chi connectivity index (χ1) is 12.2. The Labute approximate surface area is 147 Å². The molecule has 4 rings (SSSR count). The van der Waals surface area contributed by atoms with Crippen LogP contribution in [-0.2, 0) is 12.8 Å². The Bertz CT molecular complexity index is 881. The van der Waals surface area contributed by atoms with Gasteiger partial charge >= 0.3 is 0 Å². The topological polar surface area (TPSA) is 29.9 Å².